The number of carbonyl (C=O) groups excluding carboxylic acids is 1. The van der Waals surface area contributed by atoms with E-state index in [1.54, 1.807) is 0 Å². The van der Waals surface area contributed by atoms with Gasteiger partial charge in [-0.05, 0) is 24.0 Å². The summed E-state index contributed by atoms with van der Waals surface area (Å²) < 4.78 is 5.87. The third-order valence-electron chi connectivity index (χ3n) is 5.82. The van der Waals surface area contributed by atoms with Crippen molar-refractivity contribution >= 4 is 12.3 Å². The molecule has 4 nitrogen and oxygen atoms in total. The number of fused-ring (bicyclic) bond motifs is 2. The number of esters is 1. The molecule has 2 saturated heterocycles. The highest BCUT2D eigenvalue weighted by atomic mass is 16.5. The molecule has 2 aromatic rings. The second-order valence-corrected chi connectivity index (χ2v) is 7.34. The molecule has 2 aromatic carbocycles. The van der Waals surface area contributed by atoms with Gasteiger partial charge in [0.25, 0.3) is 0 Å². The SMILES string of the molecule is N=CN1C2CCC1(c1ccccc1)CC(OC(=O)Cc1ccccc1)C2. The Morgan fingerprint density at radius 1 is 1.15 bits per heavy atom. The fourth-order valence-corrected chi connectivity index (χ4v) is 4.69. The Bertz CT molecular complexity index is 777. The summed E-state index contributed by atoms with van der Waals surface area (Å²) in [5.41, 5.74) is 1.98. The average Bonchev–Trinajstić information content (AvgIpc) is 2.90. The minimum Gasteiger partial charge on any atom is -0.462 e. The van der Waals surface area contributed by atoms with Gasteiger partial charge in [0, 0.05) is 18.9 Å². The van der Waals surface area contributed by atoms with Gasteiger partial charge in [0.15, 0.2) is 0 Å². The van der Waals surface area contributed by atoms with Crippen LogP contribution in [0, 0.1) is 5.41 Å². The molecule has 0 aromatic heterocycles. The van der Waals surface area contributed by atoms with Crippen molar-refractivity contribution in [2.45, 2.75) is 49.8 Å². The van der Waals surface area contributed by atoms with Crippen molar-refractivity contribution in [2.75, 3.05) is 0 Å². The lowest BCUT2D eigenvalue weighted by molar-refractivity contribution is -0.152. The minimum absolute atomic E-state index is 0.0879. The maximum absolute atomic E-state index is 12.4. The zero-order chi connectivity index (χ0) is 18.0. The van der Waals surface area contributed by atoms with Crippen LogP contribution in [-0.4, -0.2) is 29.4 Å². The van der Waals surface area contributed by atoms with Gasteiger partial charge in [-0.1, -0.05) is 60.7 Å². The Morgan fingerprint density at radius 3 is 2.54 bits per heavy atom. The number of ether oxygens (including phenoxy) is 1. The molecule has 2 aliphatic rings. The third-order valence-corrected chi connectivity index (χ3v) is 5.82. The first-order valence-electron chi connectivity index (χ1n) is 9.29. The van der Waals surface area contributed by atoms with Gasteiger partial charge in [-0.3, -0.25) is 10.2 Å². The predicted molar refractivity (Wildman–Crippen MR) is 101 cm³/mol. The monoisotopic (exact) mass is 348 g/mol. The summed E-state index contributed by atoms with van der Waals surface area (Å²) in [7, 11) is 0. The molecule has 1 N–H and O–H groups in total. The standard InChI is InChI=1S/C22H24N2O2/c23-16-24-19-11-12-22(24,18-9-5-2-6-10-18)15-20(14-19)26-21(25)13-17-7-3-1-4-8-17/h1-10,16,19-20,23H,11-15H2. The average molecular weight is 348 g/mol. The molecule has 4 heteroatoms. The minimum atomic E-state index is -0.219. The number of piperidine rings is 1. The first-order valence-corrected chi connectivity index (χ1v) is 9.29. The molecule has 2 heterocycles. The van der Waals surface area contributed by atoms with Crippen LogP contribution in [0.3, 0.4) is 0 Å². The normalized spacial score (nSPS) is 27.2. The molecule has 0 radical (unpaired) electrons. The second-order valence-electron chi connectivity index (χ2n) is 7.34. The smallest absolute Gasteiger partial charge is 0.310 e. The summed E-state index contributed by atoms with van der Waals surface area (Å²) in [5.74, 6) is -0.160. The van der Waals surface area contributed by atoms with Gasteiger partial charge in [0.2, 0.25) is 0 Å². The molecule has 2 bridgehead atoms. The maximum atomic E-state index is 12.4. The Morgan fingerprint density at radius 2 is 1.85 bits per heavy atom. The Hall–Kier alpha value is -2.62. The largest absolute Gasteiger partial charge is 0.462 e. The van der Waals surface area contributed by atoms with Gasteiger partial charge in [0.05, 0.1) is 18.3 Å². The summed E-state index contributed by atoms with van der Waals surface area (Å²) in [6.45, 7) is 0. The highest BCUT2D eigenvalue weighted by Gasteiger charge is 2.52. The number of rotatable bonds is 5. The molecule has 0 aliphatic carbocycles. The Kier molecular flexibility index (Phi) is 4.49. The van der Waals surface area contributed by atoms with Crippen molar-refractivity contribution < 1.29 is 9.53 Å². The number of hydrogen-bond donors (Lipinski definition) is 1. The van der Waals surface area contributed by atoms with Crippen molar-refractivity contribution in [1.82, 2.24) is 4.90 Å². The van der Waals surface area contributed by atoms with E-state index in [9.17, 15) is 4.79 Å². The van der Waals surface area contributed by atoms with E-state index in [0.29, 0.717) is 6.42 Å². The van der Waals surface area contributed by atoms with Crippen molar-refractivity contribution in [1.29, 1.82) is 5.41 Å². The molecule has 4 rings (SSSR count). The van der Waals surface area contributed by atoms with Gasteiger partial charge >= 0.3 is 5.97 Å². The van der Waals surface area contributed by atoms with E-state index in [4.69, 9.17) is 10.1 Å². The lowest BCUT2D eigenvalue weighted by Gasteiger charge is -2.46. The molecular weight excluding hydrogens is 324 g/mol. The third kappa shape index (κ3) is 3.00. The highest BCUT2D eigenvalue weighted by molar-refractivity contribution is 5.72. The summed E-state index contributed by atoms with van der Waals surface area (Å²) in [5, 5.41) is 7.92. The number of nitrogens with zero attached hydrogens (tertiary/aromatic N) is 1. The van der Waals surface area contributed by atoms with E-state index in [0.717, 1.165) is 31.2 Å². The van der Waals surface area contributed by atoms with Gasteiger partial charge in [0.1, 0.15) is 6.10 Å². The van der Waals surface area contributed by atoms with Crippen LogP contribution in [0.2, 0.25) is 0 Å². The Balaban J connectivity index is 1.51. The molecule has 26 heavy (non-hydrogen) atoms. The van der Waals surface area contributed by atoms with Crippen molar-refractivity contribution in [3.05, 3.63) is 71.8 Å². The van der Waals surface area contributed by atoms with Crippen LogP contribution in [-0.2, 0) is 21.5 Å². The molecular formula is C22H24N2O2. The highest BCUT2D eigenvalue weighted by Crippen LogP contribution is 2.50. The summed E-state index contributed by atoms with van der Waals surface area (Å²) in [6.07, 6.45) is 5.31. The molecule has 134 valence electrons. The zero-order valence-corrected chi connectivity index (χ0v) is 14.8. The van der Waals surface area contributed by atoms with Crippen LogP contribution < -0.4 is 0 Å². The molecule has 2 aliphatic heterocycles. The van der Waals surface area contributed by atoms with Crippen LogP contribution >= 0.6 is 0 Å². The van der Waals surface area contributed by atoms with Gasteiger partial charge in [-0.25, -0.2) is 0 Å². The fourth-order valence-electron chi connectivity index (χ4n) is 4.69. The second kappa shape index (κ2) is 6.94. The lowest BCUT2D eigenvalue weighted by atomic mass is 9.80. The lowest BCUT2D eigenvalue weighted by Crippen LogP contribution is -2.52. The van der Waals surface area contributed by atoms with Crippen molar-refractivity contribution in [3.8, 4) is 0 Å². The summed E-state index contributed by atoms with van der Waals surface area (Å²) in [4.78, 5) is 14.6. The van der Waals surface area contributed by atoms with Gasteiger partial charge in [-0.15, -0.1) is 0 Å². The molecule has 3 unspecified atom stereocenters. The van der Waals surface area contributed by atoms with Crippen LogP contribution in [0.15, 0.2) is 60.7 Å². The van der Waals surface area contributed by atoms with Crippen LogP contribution in [0.1, 0.15) is 36.8 Å². The number of hydrogen-bond acceptors (Lipinski definition) is 3. The first kappa shape index (κ1) is 16.8. The van der Waals surface area contributed by atoms with Crippen LogP contribution in [0.4, 0.5) is 0 Å². The van der Waals surface area contributed by atoms with E-state index in [1.807, 2.05) is 48.5 Å². The molecule has 0 spiro atoms. The number of benzene rings is 2. The Labute approximate surface area is 154 Å². The number of nitrogens with one attached hydrogen (secondary N) is 1. The molecule has 3 atom stereocenters. The number of carbonyl (C=O) groups is 1. The van der Waals surface area contributed by atoms with E-state index < -0.39 is 0 Å². The fraction of sp³-hybridized carbons (Fsp3) is 0.364. The van der Waals surface area contributed by atoms with Crippen molar-refractivity contribution in [2.24, 2.45) is 0 Å². The van der Waals surface area contributed by atoms with Crippen LogP contribution in [0.5, 0.6) is 0 Å². The quantitative estimate of drug-likeness (QED) is 0.506. The summed E-state index contributed by atoms with van der Waals surface area (Å²) >= 11 is 0. The van der Waals surface area contributed by atoms with Crippen molar-refractivity contribution in [3.63, 3.8) is 0 Å². The van der Waals surface area contributed by atoms with Gasteiger partial charge in [-0.2, -0.15) is 0 Å². The van der Waals surface area contributed by atoms with Crippen LogP contribution in [0.25, 0.3) is 0 Å². The van der Waals surface area contributed by atoms with E-state index in [2.05, 4.69) is 17.0 Å². The molecule has 0 saturated carbocycles. The molecule has 2 fully saturated rings. The zero-order valence-electron chi connectivity index (χ0n) is 14.8. The maximum Gasteiger partial charge on any atom is 0.310 e. The first-order chi connectivity index (χ1) is 12.7. The van der Waals surface area contributed by atoms with E-state index >= 15 is 0 Å². The topological polar surface area (TPSA) is 53.4 Å². The summed E-state index contributed by atoms with van der Waals surface area (Å²) in [6, 6.07) is 20.4. The van der Waals surface area contributed by atoms with E-state index in [1.165, 1.54) is 11.9 Å². The predicted octanol–water partition coefficient (Wildman–Crippen LogP) is 3.90. The van der Waals surface area contributed by atoms with Gasteiger partial charge < -0.3 is 9.64 Å². The van der Waals surface area contributed by atoms with E-state index in [-0.39, 0.29) is 23.7 Å². The molecule has 0 amide bonds.